The summed E-state index contributed by atoms with van der Waals surface area (Å²) in [6, 6.07) is 14.9. The number of nitrogen functional groups attached to an aromatic ring is 1. The van der Waals surface area contributed by atoms with Crippen LogP contribution in [0, 0.1) is 0 Å². The second kappa shape index (κ2) is 7.33. The lowest BCUT2D eigenvalue weighted by atomic mass is 10.1. The molecule has 0 aliphatic rings. The monoisotopic (exact) mass is 284 g/mol. The van der Waals surface area contributed by atoms with Crippen molar-refractivity contribution in [3.8, 4) is 5.75 Å². The van der Waals surface area contributed by atoms with Crippen molar-refractivity contribution >= 4 is 11.6 Å². The number of amides is 1. The number of hydrogen-bond acceptors (Lipinski definition) is 3. The Balaban J connectivity index is 1.98. The number of carbonyl (C=O) groups excluding carboxylic acids is 1. The summed E-state index contributed by atoms with van der Waals surface area (Å²) in [5.74, 6) is 0.476. The molecular formula is C17H20N2O2. The van der Waals surface area contributed by atoms with Crippen molar-refractivity contribution in [1.82, 2.24) is 5.32 Å². The van der Waals surface area contributed by atoms with Gasteiger partial charge in [-0.15, -0.1) is 0 Å². The molecule has 2 aromatic rings. The third-order valence-corrected chi connectivity index (χ3v) is 3.03. The molecule has 0 bridgehead atoms. The van der Waals surface area contributed by atoms with Crippen LogP contribution in [0.15, 0.2) is 48.5 Å². The molecule has 0 spiro atoms. The summed E-state index contributed by atoms with van der Waals surface area (Å²) < 4.78 is 5.49. The molecule has 4 nitrogen and oxygen atoms in total. The van der Waals surface area contributed by atoms with Crippen LogP contribution in [-0.2, 0) is 6.54 Å². The summed E-state index contributed by atoms with van der Waals surface area (Å²) in [4.78, 5) is 12.1. The van der Waals surface area contributed by atoms with Gasteiger partial charge in [-0.1, -0.05) is 37.3 Å². The average molecular weight is 284 g/mol. The van der Waals surface area contributed by atoms with Gasteiger partial charge in [0.15, 0.2) is 0 Å². The van der Waals surface area contributed by atoms with Crippen LogP contribution >= 0.6 is 0 Å². The lowest BCUT2D eigenvalue weighted by Crippen LogP contribution is -2.22. The first kappa shape index (κ1) is 14.9. The minimum Gasteiger partial charge on any atom is -0.491 e. The molecule has 0 fully saturated rings. The normalized spacial score (nSPS) is 10.1. The molecule has 3 N–H and O–H groups in total. The maximum Gasteiger partial charge on any atom is 0.251 e. The van der Waals surface area contributed by atoms with E-state index in [1.807, 2.05) is 37.3 Å². The Hall–Kier alpha value is -2.49. The second-order valence-electron chi connectivity index (χ2n) is 4.77. The topological polar surface area (TPSA) is 64.3 Å². The molecule has 0 unspecified atom stereocenters. The van der Waals surface area contributed by atoms with Gasteiger partial charge < -0.3 is 15.8 Å². The zero-order valence-electron chi connectivity index (χ0n) is 12.1. The third kappa shape index (κ3) is 4.24. The van der Waals surface area contributed by atoms with Gasteiger partial charge in [0.2, 0.25) is 0 Å². The Morgan fingerprint density at radius 3 is 2.62 bits per heavy atom. The second-order valence-corrected chi connectivity index (χ2v) is 4.77. The highest BCUT2D eigenvalue weighted by atomic mass is 16.5. The van der Waals surface area contributed by atoms with Gasteiger partial charge in [-0.3, -0.25) is 4.79 Å². The molecule has 2 rings (SSSR count). The zero-order valence-corrected chi connectivity index (χ0v) is 12.1. The summed E-state index contributed by atoms with van der Waals surface area (Å²) in [5.41, 5.74) is 7.98. The number of hydrogen-bond donors (Lipinski definition) is 2. The van der Waals surface area contributed by atoms with Crippen molar-refractivity contribution < 1.29 is 9.53 Å². The molecule has 0 aromatic heterocycles. The lowest BCUT2D eigenvalue weighted by Gasteiger charge is -2.10. The molecule has 0 saturated carbocycles. The SMILES string of the molecule is CCCOc1ccc(C(=O)NCc2ccccc2)cc1N. The van der Waals surface area contributed by atoms with E-state index in [2.05, 4.69) is 5.32 Å². The molecule has 0 aliphatic carbocycles. The van der Waals surface area contributed by atoms with Crippen molar-refractivity contribution in [1.29, 1.82) is 0 Å². The smallest absolute Gasteiger partial charge is 0.251 e. The standard InChI is InChI=1S/C17H20N2O2/c1-2-10-21-16-9-8-14(11-15(16)18)17(20)19-12-13-6-4-3-5-7-13/h3-9,11H,2,10,12,18H2,1H3,(H,19,20). The van der Waals surface area contributed by atoms with E-state index >= 15 is 0 Å². The van der Waals surface area contributed by atoms with Gasteiger partial charge in [-0.2, -0.15) is 0 Å². The van der Waals surface area contributed by atoms with Crippen LogP contribution in [0.25, 0.3) is 0 Å². The predicted molar refractivity (Wildman–Crippen MR) is 84.3 cm³/mol. The van der Waals surface area contributed by atoms with Crippen molar-refractivity contribution in [3.63, 3.8) is 0 Å². The van der Waals surface area contributed by atoms with Gasteiger partial charge in [-0.05, 0) is 30.2 Å². The Morgan fingerprint density at radius 1 is 1.19 bits per heavy atom. The number of rotatable bonds is 6. The van der Waals surface area contributed by atoms with Gasteiger partial charge in [-0.25, -0.2) is 0 Å². The highest BCUT2D eigenvalue weighted by Gasteiger charge is 2.08. The summed E-state index contributed by atoms with van der Waals surface area (Å²) in [5, 5.41) is 2.87. The van der Waals surface area contributed by atoms with Crippen molar-refractivity contribution in [3.05, 3.63) is 59.7 Å². The highest BCUT2D eigenvalue weighted by Crippen LogP contribution is 2.22. The minimum atomic E-state index is -0.146. The number of anilines is 1. The number of ether oxygens (including phenoxy) is 1. The fourth-order valence-corrected chi connectivity index (χ4v) is 1.91. The van der Waals surface area contributed by atoms with Crippen LogP contribution in [0.4, 0.5) is 5.69 Å². The fraction of sp³-hybridized carbons (Fsp3) is 0.235. The molecule has 0 heterocycles. The van der Waals surface area contributed by atoms with E-state index in [0.29, 0.717) is 30.2 Å². The molecule has 0 saturated heterocycles. The third-order valence-electron chi connectivity index (χ3n) is 3.03. The first-order chi connectivity index (χ1) is 10.2. The van der Waals surface area contributed by atoms with Crippen molar-refractivity contribution in [2.24, 2.45) is 0 Å². The minimum absolute atomic E-state index is 0.146. The maximum absolute atomic E-state index is 12.1. The molecule has 21 heavy (non-hydrogen) atoms. The summed E-state index contributed by atoms with van der Waals surface area (Å²) in [7, 11) is 0. The van der Waals surface area contributed by atoms with E-state index in [1.54, 1.807) is 18.2 Å². The van der Waals surface area contributed by atoms with E-state index in [0.717, 1.165) is 12.0 Å². The number of carbonyl (C=O) groups is 1. The Kier molecular flexibility index (Phi) is 5.21. The molecule has 0 radical (unpaired) electrons. The largest absolute Gasteiger partial charge is 0.491 e. The van der Waals surface area contributed by atoms with Crippen LogP contribution in [-0.4, -0.2) is 12.5 Å². The number of benzene rings is 2. The van der Waals surface area contributed by atoms with E-state index in [1.165, 1.54) is 0 Å². The Morgan fingerprint density at radius 2 is 1.95 bits per heavy atom. The van der Waals surface area contributed by atoms with Gasteiger partial charge in [0.1, 0.15) is 5.75 Å². The van der Waals surface area contributed by atoms with Gasteiger partial charge in [0.05, 0.1) is 12.3 Å². The molecule has 4 heteroatoms. The summed E-state index contributed by atoms with van der Waals surface area (Å²) in [6.07, 6.45) is 0.915. The van der Waals surface area contributed by atoms with Gasteiger partial charge >= 0.3 is 0 Å². The van der Waals surface area contributed by atoms with Crippen molar-refractivity contribution in [2.45, 2.75) is 19.9 Å². The molecule has 2 aromatic carbocycles. The van der Waals surface area contributed by atoms with E-state index in [4.69, 9.17) is 10.5 Å². The van der Waals surface area contributed by atoms with Crippen LogP contribution in [0.2, 0.25) is 0 Å². The van der Waals surface area contributed by atoms with E-state index in [-0.39, 0.29) is 5.91 Å². The molecular weight excluding hydrogens is 264 g/mol. The van der Waals surface area contributed by atoms with E-state index in [9.17, 15) is 4.79 Å². The number of nitrogens with one attached hydrogen (secondary N) is 1. The average Bonchev–Trinajstić information content (AvgIpc) is 2.52. The quantitative estimate of drug-likeness (QED) is 0.801. The molecule has 110 valence electrons. The fourth-order valence-electron chi connectivity index (χ4n) is 1.91. The van der Waals surface area contributed by atoms with Crippen LogP contribution in [0.3, 0.4) is 0 Å². The number of nitrogens with two attached hydrogens (primary N) is 1. The van der Waals surface area contributed by atoms with Crippen LogP contribution < -0.4 is 15.8 Å². The van der Waals surface area contributed by atoms with Gasteiger partial charge in [0, 0.05) is 12.1 Å². The predicted octanol–water partition coefficient (Wildman–Crippen LogP) is 2.99. The summed E-state index contributed by atoms with van der Waals surface area (Å²) >= 11 is 0. The Labute approximate surface area is 124 Å². The van der Waals surface area contributed by atoms with E-state index < -0.39 is 0 Å². The lowest BCUT2D eigenvalue weighted by molar-refractivity contribution is 0.0951. The zero-order chi connectivity index (χ0) is 15.1. The first-order valence-electron chi connectivity index (χ1n) is 7.05. The summed E-state index contributed by atoms with van der Waals surface area (Å²) in [6.45, 7) is 3.14. The highest BCUT2D eigenvalue weighted by molar-refractivity contribution is 5.95. The first-order valence-corrected chi connectivity index (χ1v) is 7.05. The molecule has 0 atom stereocenters. The molecule has 1 amide bonds. The van der Waals surface area contributed by atoms with Gasteiger partial charge in [0.25, 0.3) is 5.91 Å². The molecule has 0 aliphatic heterocycles. The van der Waals surface area contributed by atoms with Crippen molar-refractivity contribution in [2.75, 3.05) is 12.3 Å². The maximum atomic E-state index is 12.1. The van der Waals surface area contributed by atoms with Crippen LogP contribution in [0.5, 0.6) is 5.75 Å². The van der Waals surface area contributed by atoms with Crippen LogP contribution in [0.1, 0.15) is 29.3 Å². The Bertz CT molecular complexity index is 597.